The molecule has 0 aliphatic rings. The molecule has 0 spiro atoms. The molecule has 0 N–H and O–H groups in total. The van der Waals surface area contributed by atoms with E-state index in [4.69, 9.17) is 11.6 Å². The predicted octanol–water partition coefficient (Wildman–Crippen LogP) is 0.418. The monoisotopic (exact) mass is 262 g/mol. The van der Waals surface area contributed by atoms with Crippen molar-refractivity contribution in [3.8, 4) is 5.75 Å². The van der Waals surface area contributed by atoms with Crippen LogP contribution in [0, 0.1) is 6.92 Å². The molecule has 0 radical (unpaired) electrons. The Hall–Kier alpha value is 0.801. The van der Waals surface area contributed by atoms with E-state index in [-0.39, 0.29) is 57.1 Å². The van der Waals surface area contributed by atoms with Crippen molar-refractivity contribution in [2.45, 2.75) is 6.92 Å². The van der Waals surface area contributed by atoms with Crippen LogP contribution >= 0.6 is 11.6 Å². The summed E-state index contributed by atoms with van der Waals surface area (Å²) in [4.78, 5) is 0. The fourth-order valence-corrected chi connectivity index (χ4v) is 1.02. The van der Waals surface area contributed by atoms with Gasteiger partial charge in [0.05, 0.1) is 6.51 Å². The summed E-state index contributed by atoms with van der Waals surface area (Å²) in [5.74, 6) is 0.186. The van der Waals surface area contributed by atoms with Crippen molar-refractivity contribution in [2.24, 2.45) is 0 Å². The summed E-state index contributed by atoms with van der Waals surface area (Å²) in [5.41, 5.74) is 0.693. The first-order valence-corrected chi connectivity index (χ1v) is 4.36. The average molecular weight is 263 g/mol. The van der Waals surface area contributed by atoms with Gasteiger partial charge < -0.3 is 17.7 Å². The van der Waals surface area contributed by atoms with Crippen molar-refractivity contribution in [3.05, 3.63) is 28.8 Å². The van der Waals surface area contributed by atoms with Gasteiger partial charge in [0.15, 0.2) is 0 Å². The van der Waals surface area contributed by atoms with Gasteiger partial charge in [0.1, 0.15) is 5.75 Å². The van der Waals surface area contributed by atoms with Crippen LogP contribution in [0.4, 0.5) is 12.9 Å². The number of rotatable bonds is 3. The molecule has 0 atom stereocenters. The predicted molar refractivity (Wildman–Crippen MR) is 50.8 cm³/mol. The Morgan fingerprint density at radius 2 is 1.93 bits per heavy atom. The van der Waals surface area contributed by atoms with Crippen molar-refractivity contribution in [3.63, 3.8) is 0 Å². The van der Waals surface area contributed by atoms with Gasteiger partial charge in [-0.15, -0.1) is 0 Å². The van der Waals surface area contributed by atoms with Crippen molar-refractivity contribution in [1.29, 1.82) is 0 Å². The van der Waals surface area contributed by atoms with E-state index < -0.39 is 13.5 Å². The molecule has 0 fully saturated rings. The molecular formula is C8H8BClF3KO. The zero-order valence-electron chi connectivity index (χ0n) is 8.44. The molecule has 1 nitrogen and oxygen atoms in total. The van der Waals surface area contributed by atoms with Crippen LogP contribution in [-0.4, -0.2) is 13.5 Å². The first-order valence-electron chi connectivity index (χ1n) is 3.98. The van der Waals surface area contributed by atoms with E-state index in [0.29, 0.717) is 10.6 Å². The molecule has 0 aliphatic carbocycles. The SMILES string of the molecule is Cc1cc(OC[B-](F)(F)F)ccc1Cl.[K+]. The molecule has 0 aliphatic heterocycles. The van der Waals surface area contributed by atoms with Gasteiger partial charge in [-0.3, -0.25) is 0 Å². The molecule has 0 saturated heterocycles. The van der Waals surface area contributed by atoms with E-state index in [1.807, 2.05) is 0 Å². The Morgan fingerprint density at radius 1 is 1.33 bits per heavy atom. The number of aryl methyl sites for hydroxylation is 1. The van der Waals surface area contributed by atoms with Crippen LogP contribution < -0.4 is 56.1 Å². The van der Waals surface area contributed by atoms with Crippen LogP contribution in [0.1, 0.15) is 5.56 Å². The Morgan fingerprint density at radius 3 is 2.40 bits per heavy atom. The molecule has 0 heterocycles. The number of benzene rings is 1. The third kappa shape index (κ3) is 6.19. The van der Waals surface area contributed by atoms with Crippen LogP contribution in [0.5, 0.6) is 5.75 Å². The Labute approximate surface area is 134 Å². The van der Waals surface area contributed by atoms with Gasteiger partial charge in [-0.2, -0.15) is 0 Å². The Kier molecular flexibility index (Phi) is 6.86. The minimum Gasteiger partial charge on any atom is -0.522 e. The number of hydrogen-bond donors (Lipinski definition) is 0. The van der Waals surface area contributed by atoms with Crippen LogP contribution in [0.25, 0.3) is 0 Å². The largest absolute Gasteiger partial charge is 1.00 e. The van der Waals surface area contributed by atoms with E-state index >= 15 is 0 Å². The smallest absolute Gasteiger partial charge is 0.522 e. The second-order valence-corrected chi connectivity index (χ2v) is 3.34. The molecule has 15 heavy (non-hydrogen) atoms. The Balaban J connectivity index is 0.00000196. The standard InChI is InChI=1S/C8H8BClF3O.K/c1-6-4-7(2-3-8(6)10)14-5-9(11,12)13;/h2-4H,5H2,1H3;/q-1;+1. The molecular weight excluding hydrogens is 254 g/mol. The average Bonchev–Trinajstić information content (AvgIpc) is 2.06. The van der Waals surface area contributed by atoms with Crippen molar-refractivity contribution >= 4 is 18.6 Å². The summed E-state index contributed by atoms with van der Waals surface area (Å²) in [6.45, 7) is -4.42. The van der Waals surface area contributed by atoms with Crippen LogP contribution in [0.3, 0.4) is 0 Å². The van der Waals surface area contributed by atoms with Gasteiger partial charge in [0.25, 0.3) is 0 Å². The molecule has 7 heteroatoms. The van der Waals surface area contributed by atoms with Crippen LogP contribution in [0.15, 0.2) is 18.2 Å². The van der Waals surface area contributed by atoms with Crippen LogP contribution in [0.2, 0.25) is 5.02 Å². The van der Waals surface area contributed by atoms with E-state index in [2.05, 4.69) is 4.74 Å². The molecule has 0 saturated carbocycles. The summed E-state index contributed by atoms with van der Waals surface area (Å²) in [7, 11) is 0. The topological polar surface area (TPSA) is 9.23 Å². The van der Waals surface area contributed by atoms with E-state index in [9.17, 15) is 12.9 Å². The first kappa shape index (κ1) is 15.8. The zero-order chi connectivity index (χ0) is 10.8. The second kappa shape index (κ2) is 6.52. The maximum absolute atomic E-state index is 11.8. The van der Waals surface area contributed by atoms with Gasteiger partial charge >= 0.3 is 58.4 Å². The number of hydrogen-bond acceptors (Lipinski definition) is 1. The Bertz CT molecular complexity index is 332. The summed E-state index contributed by atoms with van der Waals surface area (Å²) < 4.78 is 40.0. The summed E-state index contributed by atoms with van der Waals surface area (Å²) >= 11 is 5.70. The molecule has 1 aromatic rings. The van der Waals surface area contributed by atoms with Gasteiger partial charge in [0, 0.05) is 5.02 Å². The summed E-state index contributed by atoms with van der Waals surface area (Å²) in [6, 6.07) is 4.40. The molecule has 1 aromatic carbocycles. The maximum Gasteiger partial charge on any atom is 1.00 e. The maximum atomic E-state index is 11.8. The van der Waals surface area contributed by atoms with Crippen molar-refractivity contribution in [1.82, 2.24) is 0 Å². The van der Waals surface area contributed by atoms with Gasteiger partial charge in [-0.25, -0.2) is 0 Å². The number of halogens is 4. The molecule has 0 unspecified atom stereocenters. The molecule has 78 valence electrons. The van der Waals surface area contributed by atoms with Crippen molar-refractivity contribution < 1.29 is 69.1 Å². The van der Waals surface area contributed by atoms with Gasteiger partial charge in [-0.1, -0.05) is 11.6 Å². The van der Waals surface area contributed by atoms with E-state index in [0.717, 1.165) is 0 Å². The fourth-order valence-electron chi connectivity index (χ4n) is 0.898. The van der Waals surface area contributed by atoms with Crippen LogP contribution in [-0.2, 0) is 0 Å². The zero-order valence-corrected chi connectivity index (χ0v) is 12.3. The third-order valence-electron chi connectivity index (χ3n) is 1.57. The minimum atomic E-state index is -4.90. The summed E-state index contributed by atoms with van der Waals surface area (Å²) in [6.07, 6.45) is 0. The van der Waals surface area contributed by atoms with E-state index in [1.54, 1.807) is 6.92 Å². The fraction of sp³-hybridized carbons (Fsp3) is 0.250. The van der Waals surface area contributed by atoms with Gasteiger partial charge in [0.2, 0.25) is 0 Å². The van der Waals surface area contributed by atoms with Gasteiger partial charge in [-0.05, 0) is 30.7 Å². The van der Waals surface area contributed by atoms with Crippen molar-refractivity contribution in [2.75, 3.05) is 6.51 Å². The molecule has 1 rings (SSSR count). The number of ether oxygens (including phenoxy) is 1. The van der Waals surface area contributed by atoms with E-state index in [1.165, 1.54) is 18.2 Å². The normalized spacial score (nSPS) is 10.7. The first-order chi connectivity index (χ1) is 6.38. The molecule has 0 bridgehead atoms. The second-order valence-electron chi connectivity index (χ2n) is 2.93. The third-order valence-corrected chi connectivity index (χ3v) is 1.99. The summed E-state index contributed by atoms with van der Waals surface area (Å²) in [5, 5.41) is 0.509. The molecule has 0 aromatic heterocycles. The quantitative estimate of drug-likeness (QED) is 0.718. The molecule has 0 amide bonds. The minimum absolute atomic E-state index is 0.